The number of aromatic amines is 1. The van der Waals surface area contributed by atoms with E-state index in [2.05, 4.69) is 46.9 Å². The van der Waals surface area contributed by atoms with Gasteiger partial charge in [0.1, 0.15) is 0 Å². The van der Waals surface area contributed by atoms with Crippen LogP contribution in [0.5, 0.6) is 0 Å². The van der Waals surface area contributed by atoms with Crippen molar-refractivity contribution >= 4 is 11.3 Å². The lowest BCUT2D eigenvalue weighted by Gasteiger charge is -2.12. The monoisotopic (exact) mass is 235 g/mol. The molecule has 0 bridgehead atoms. The zero-order valence-electron chi connectivity index (χ0n) is 9.87. The van der Waals surface area contributed by atoms with E-state index in [1.54, 1.807) is 11.3 Å². The summed E-state index contributed by atoms with van der Waals surface area (Å²) < 4.78 is 0. The number of nitrogens with zero attached hydrogens (tertiary/aromatic N) is 1. The van der Waals surface area contributed by atoms with Crippen LogP contribution in [0.2, 0.25) is 0 Å². The molecule has 0 aliphatic heterocycles. The minimum Gasteiger partial charge on any atom is -0.305 e. The van der Waals surface area contributed by atoms with Crippen molar-refractivity contribution in [3.8, 4) is 0 Å². The fourth-order valence-electron chi connectivity index (χ4n) is 1.73. The first-order chi connectivity index (χ1) is 7.68. The molecule has 2 rings (SSSR count). The lowest BCUT2D eigenvalue weighted by molar-refractivity contribution is 0.580. The Hall–Kier alpha value is -1.13. The third-order valence-corrected chi connectivity index (χ3v) is 3.89. The molecule has 16 heavy (non-hydrogen) atoms. The van der Waals surface area contributed by atoms with E-state index in [-0.39, 0.29) is 0 Å². The van der Waals surface area contributed by atoms with Crippen molar-refractivity contribution in [2.24, 2.45) is 0 Å². The first kappa shape index (κ1) is 11.4. The van der Waals surface area contributed by atoms with Gasteiger partial charge in [0.2, 0.25) is 0 Å². The molecule has 1 atom stereocenters. The highest BCUT2D eigenvalue weighted by molar-refractivity contribution is 7.10. The molecule has 0 fully saturated rings. The lowest BCUT2D eigenvalue weighted by Crippen LogP contribution is -2.17. The normalized spacial score (nSPS) is 12.9. The van der Waals surface area contributed by atoms with Gasteiger partial charge in [-0.3, -0.25) is 5.10 Å². The Kier molecular flexibility index (Phi) is 3.41. The molecule has 0 aliphatic carbocycles. The van der Waals surface area contributed by atoms with Crippen molar-refractivity contribution in [3.63, 3.8) is 0 Å². The van der Waals surface area contributed by atoms with Gasteiger partial charge in [-0.25, -0.2) is 0 Å². The van der Waals surface area contributed by atoms with Gasteiger partial charge in [-0.2, -0.15) is 5.10 Å². The molecule has 0 saturated carbocycles. The maximum absolute atomic E-state index is 4.19. The average molecular weight is 235 g/mol. The largest absolute Gasteiger partial charge is 0.305 e. The van der Waals surface area contributed by atoms with Crippen molar-refractivity contribution in [1.29, 1.82) is 0 Å². The van der Waals surface area contributed by atoms with Crippen molar-refractivity contribution < 1.29 is 0 Å². The highest BCUT2D eigenvalue weighted by Crippen LogP contribution is 2.19. The zero-order chi connectivity index (χ0) is 11.5. The SMILES string of the molecule is Cc1n[nH]c(C)c1CNC(C)c1cccs1. The summed E-state index contributed by atoms with van der Waals surface area (Å²) in [6.45, 7) is 7.16. The number of thiophene rings is 1. The minimum atomic E-state index is 0.397. The Labute approximate surface area is 99.9 Å². The molecular formula is C12H17N3S. The minimum absolute atomic E-state index is 0.397. The summed E-state index contributed by atoms with van der Waals surface area (Å²) in [4.78, 5) is 1.37. The molecule has 3 nitrogen and oxygen atoms in total. The van der Waals surface area contributed by atoms with Crippen LogP contribution in [0.1, 0.15) is 34.8 Å². The number of rotatable bonds is 4. The number of hydrogen-bond donors (Lipinski definition) is 2. The summed E-state index contributed by atoms with van der Waals surface area (Å²) in [5.41, 5.74) is 3.52. The average Bonchev–Trinajstić information content (AvgIpc) is 2.87. The van der Waals surface area contributed by atoms with Crippen molar-refractivity contribution in [1.82, 2.24) is 15.5 Å². The molecule has 0 radical (unpaired) electrons. The molecular weight excluding hydrogens is 218 g/mol. The van der Waals surface area contributed by atoms with Gasteiger partial charge in [0.25, 0.3) is 0 Å². The van der Waals surface area contributed by atoms with Gasteiger partial charge in [0.15, 0.2) is 0 Å². The predicted octanol–water partition coefficient (Wildman–Crippen LogP) is 2.94. The highest BCUT2D eigenvalue weighted by atomic mass is 32.1. The van der Waals surface area contributed by atoms with E-state index in [0.717, 1.165) is 17.9 Å². The van der Waals surface area contributed by atoms with Gasteiger partial charge in [-0.05, 0) is 32.2 Å². The van der Waals surface area contributed by atoms with Crippen LogP contribution in [0.15, 0.2) is 17.5 Å². The summed E-state index contributed by atoms with van der Waals surface area (Å²) in [5.74, 6) is 0. The lowest BCUT2D eigenvalue weighted by atomic mass is 10.2. The topological polar surface area (TPSA) is 40.7 Å². The van der Waals surface area contributed by atoms with E-state index in [1.807, 2.05) is 6.92 Å². The molecule has 2 aromatic heterocycles. The predicted molar refractivity (Wildman–Crippen MR) is 67.6 cm³/mol. The number of nitrogens with one attached hydrogen (secondary N) is 2. The second-order valence-corrected chi connectivity index (χ2v) is 5.01. The zero-order valence-corrected chi connectivity index (χ0v) is 10.7. The summed E-state index contributed by atoms with van der Waals surface area (Å²) in [5, 5.41) is 12.8. The molecule has 0 amide bonds. The molecule has 0 spiro atoms. The third kappa shape index (κ3) is 2.33. The van der Waals surface area contributed by atoms with E-state index in [9.17, 15) is 0 Å². The van der Waals surface area contributed by atoms with Crippen LogP contribution in [0.3, 0.4) is 0 Å². The van der Waals surface area contributed by atoms with Crippen LogP contribution >= 0.6 is 11.3 Å². The standard InChI is InChI=1S/C12H17N3S/c1-8-11(9(2)15-14-8)7-13-10(3)12-5-4-6-16-12/h4-6,10,13H,7H2,1-3H3,(H,14,15). The molecule has 2 aromatic rings. The van der Waals surface area contributed by atoms with Crippen LogP contribution < -0.4 is 5.32 Å². The molecule has 2 N–H and O–H groups in total. The number of aryl methyl sites for hydroxylation is 2. The fraction of sp³-hybridized carbons (Fsp3) is 0.417. The van der Waals surface area contributed by atoms with Crippen LogP contribution in [0, 0.1) is 13.8 Å². The second-order valence-electron chi connectivity index (χ2n) is 4.03. The first-order valence-electron chi connectivity index (χ1n) is 5.45. The maximum Gasteiger partial charge on any atom is 0.0638 e. The number of hydrogen-bond acceptors (Lipinski definition) is 3. The van der Waals surface area contributed by atoms with Gasteiger partial charge in [-0.15, -0.1) is 11.3 Å². The first-order valence-corrected chi connectivity index (χ1v) is 6.33. The quantitative estimate of drug-likeness (QED) is 0.855. The molecule has 86 valence electrons. The van der Waals surface area contributed by atoms with Crippen LogP contribution in [-0.4, -0.2) is 10.2 Å². The van der Waals surface area contributed by atoms with E-state index in [1.165, 1.54) is 10.4 Å². The van der Waals surface area contributed by atoms with Gasteiger partial charge >= 0.3 is 0 Å². The maximum atomic E-state index is 4.19. The van der Waals surface area contributed by atoms with Crippen molar-refractivity contribution in [2.75, 3.05) is 0 Å². The highest BCUT2D eigenvalue weighted by Gasteiger charge is 2.09. The Balaban J connectivity index is 1.98. The molecule has 4 heteroatoms. The molecule has 0 aromatic carbocycles. The van der Waals surface area contributed by atoms with E-state index < -0.39 is 0 Å². The van der Waals surface area contributed by atoms with Gasteiger partial charge < -0.3 is 5.32 Å². The van der Waals surface area contributed by atoms with Gasteiger partial charge in [-0.1, -0.05) is 6.07 Å². The van der Waals surface area contributed by atoms with E-state index in [4.69, 9.17) is 0 Å². The van der Waals surface area contributed by atoms with E-state index in [0.29, 0.717) is 6.04 Å². The molecule has 0 saturated heterocycles. The smallest absolute Gasteiger partial charge is 0.0638 e. The third-order valence-electron chi connectivity index (χ3n) is 2.84. The van der Waals surface area contributed by atoms with Crippen LogP contribution in [0.4, 0.5) is 0 Å². The summed E-state index contributed by atoms with van der Waals surface area (Å²) >= 11 is 1.79. The Bertz CT molecular complexity index is 425. The van der Waals surface area contributed by atoms with Crippen LogP contribution in [0.25, 0.3) is 0 Å². The summed E-state index contributed by atoms with van der Waals surface area (Å²) in [6, 6.07) is 4.65. The van der Waals surface area contributed by atoms with Gasteiger partial charge in [0, 0.05) is 28.7 Å². The molecule has 0 aliphatic rings. The summed E-state index contributed by atoms with van der Waals surface area (Å²) in [6.07, 6.45) is 0. The second kappa shape index (κ2) is 4.80. The number of H-pyrrole nitrogens is 1. The molecule has 2 heterocycles. The van der Waals surface area contributed by atoms with E-state index >= 15 is 0 Å². The fourth-order valence-corrected chi connectivity index (χ4v) is 2.49. The van der Waals surface area contributed by atoms with Crippen molar-refractivity contribution in [3.05, 3.63) is 39.3 Å². The van der Waals surface area contributed by atoms with Gasteiger partial charge in [0.05, 0.1) is 5.69 Å². The number of aromatic nitrogens is 2. The Morgan fingerprint density at radius 1 is 1.50 bits per heavy atom. The van der Waals surface area contributed by atoms with Crippen molar-refractivity contribution in [2.45, 2.75) is 33.4 Å². The summed E-state index contributed by atoms with van der Waals surface area (Å²) in [7, 11) is 0. The molecule has 1 unspecified atom stereocenters. The van der Waals surface area contributed by atoms with Crippen LogP contribution in [-0.2, 0) is 6.54 Å². The Morgan fingerprint density at radius 2 is 2.31 bits per heavy atom. The Morgan fingerprint density at radius 3 is 2.88 bits per heavy atom.